The van der Waals surface area contributed by atoms with Gasteiger partial charge in [-0.1, -0.05) is 24.3 Å². The van der Waals surface area contributed by atoms with E-state index in [9.17, 15) is 18.4 Å². The lowest BCUT2D eigenvalue weighted by Gasteiger charge is -2.40. The molecule has 2 fully saturated rings. The Labute approximate surface area is 168 Å². The van der Waals surface area contributed by atoms with E-state index < -0.39 is 6.04 Å². The molecular weight excluding hydrogens is 376 g/mol. The summed E-state index contributed by atoms with van der Waals surface area (Å²) in [6.07, 6.45) is 0.944. The predicted molar refractivity (Wildman–Crippen MR) is 104 cm³/mol. The summed E-state index contributed by atoms with van der Waals surface area (Å²) in [5.41, 5.74) is 1.83. The van der Waals surface area contributed by atoms with Crippen LogP contribution in [0.4, 0.5) is 8.78 Å². The van der Waals surface area contributed by atoms with Gasteiger partial charge in [0.05, 0.1) is 6.04 Å². The van der Waals surface area contributed by atoms with Crippen LogP contribution in [0.1, 0.15) is 30.0 Å². The number of nitrogens with zero attached hydrogens (tertiary/aromatic N) is 2. The summed E-state index contributed by atoms with van der Waals surface area (Å²) in [5.74, 6) is -0.716. The molecule has 1 N–H and O–H groups in total. The summed E-state index contributed by atoms with van der Waals surface area (Å²) in [6.45, 7) is 2.35. The molecule has 0 unspecified atom stereocenters. The Kier molecular flexibility index (Phi) is 5.58. The molecule has 29 heavy (non-hydrogen) atoms. The van der Waals surface area contributed by atoms with E-state index in [0.717, 1.165) is 11.1 Å². The van der Waals surface area contributed by atoms with Crippen molar-refractivity contribution in [3.8, 4) is 0 Å². The molecule has 2 heterocycles. The lowest BCUT2D eigenvalue weighted by molar-refractivity contribution is -0.136. The maximum absolute atomic E-state index is 13.4. The van der Waals surface area contributed by atoms with Crippen LogP contribution in [0, 0.1) is 11.6 Å². The zero-order valence-corrected chi connectivity index (χ0v) is 16.0. The number of benzene rings is 2. The lowest BCUT2D eigenvalue weighted by Crippen LogP contribution is -2.53. The monoisotopic (exact) mass is 399 g/mol. The van der Waals surface area contributed by atoms with E-state index in [1.807, 2.05) is 0 Å². The molecule has 2 aliphatic rings. The second-order valence-corrected chi connectivity index (χ2v) is 7.53. The van der Waals surface area contributed by atoms with Gasteiger partial charge in [-0.3, -0.25) is 14.5 Å². The molecular formula is C22H23F2N3O2. The second-order valence-electron chi connectivity index (χ2n) is 7.53. The van der Waals surface area contributed by atoms with Crippen molar-refractivity contribution in [3.63, 3.8) is 0 Å². The first-order valence-corrected chi connectivity index (χ1v) is 9.84. The fourth-order valence-corrected chi connectivity index (χ4v) is 4.12. The van der Waals surface area contributed by atoms with Crippen molar-refractivity contribution in [3.05, 3.63) is 71.3 Å². The molecule has 1 atom stereocenters. The van der Waals surface area contributed by atoms with E-state index >= 15 is 0 Å². The van der Waals surface area contributed by atoms with Gasteiger partial charge in [0, 0.05) is 32.6 Å². The minimum Gasteiger partial charge on any atom is -0.344 e. The number of rotatable bonds is 4. The van der Waals surface area contributed by atoms with Gasteiger partial charge >= 0.3 is 0 Å². The molecule has 152 valence electrons. The van der Waals surface area contributed by atoms with Crippen molar-refractivity contribution in [1.29, 1.82) is 0 Å². The highest BCUT2D eigenvalue weighted by Crippen LogP contribution is 2.30. The molecule has 0 saturated carbocycles. The fourth-order valence-electron chi connectivity index (χ4n) is 4.12. The zero-order chi connectivity index (χ0) is 20.4. The molecule has 7 heteroatoms. The summed E-state index contributed by atoms with van der Waals surface area (Å²) in [4.78, 5) is 28.1. The van der Waals surface area contributed by atoms with E-state index in [1.165, 1.54) is 24.3 Å². The molecule has 2 amide bonds. The highest BCUT2D eigenvalue weighted by atomic mass is 19.1. The molecule has 4 rings (SSSR count). The van der Waals surface area contributed by atoms with Crippen LogP contribution in [-0.2, 0) is 9.59 Å². The third-order valence-electron chi connectivity index (χ3n) is 5.66. The van der Waals surface area contributed by atoms with Crippen molar-refractivity contribution < 1.29 is 18.4 Å². The summed E-state index contributed by atoms with van der Waals surface area (Å²) < 4.78 is 26.9. The van der Waals surface area contributed by atoms with Gasteiger partial charge in [-0.25, -0.2) is 8.78 Å². The number of piperazine rings is 1. The van der Waals surface area contributed by atoms with Crippen LogP contribution in [-0.4, -0.2) is 53.8 Å². The Morgan fingerprint density at radius 2 is 1.41 bits per heavy atom. The largest absolute Gasteiger partial charge is 0.344 e. The number of hydrogen-bond acceptors (Lipinski definition) is 3. The maximum Gasteiger partial charge on any atom is 0.245 e. The van der Waals surface area contributed by atoms with Crippen LogP contribution in [0.3, 0.4) is 0 Å². The molecule has 5 nitrogen and oxygen atoms in total. The molecule has 2 aromatic carbocycles. The van der Waals surface area contributed by atoms with Crippen LogP contribution in [0.25, 0.3) is 0 Å². The molecule has 0 spiro atoms. The quantitative estimate of drug-likeness (QED) is 0.860. The molecule has 2 saturated heterocycles. The average molecular weight is 399 g/mol. The minimum absolute atomic E-state index is 0.0318. The third-order valence-corrected chi connectivity index (χ3v) is 5.66. The Bertz CT molecular complexity index is 832. The van der Waals surface area contributed by atoms with Crippen LogP contribution >= 0.6 is 0 Å². The molecule has 0 radical (unpaired) electrons. The van der Waals surface area contributed by atoms with Gasteiger partial charge in [-0.15, -0.1) is 0 Å². The summed E-state index contributed by atoms with van der Waals surface area (Å²) >= 11 is 0. The van der Waals surface area contributed by atoms with Gasteiger partial charge in [0.25, 0.3) is 0 Å². The average Bonchev–Trinajstić information content (AvgIpc) is 3.17. The molecule has 0 aliphatic carbocycles. The van der Waals surface area contributed by atoms with Crippen LogP contribution < -0.4 is 5.32 Å². The van der Waals surface area contributed by atoms with E-state index in [1.54, 1.807) is 29.2 Å². The Hall–Kier alpha value is -2.80. The second kappa shape index (κ2) is 8.29. The van der Waals surface area contributed by atoms with Gasteiger partial charge in [0.15, 0.2) is 0 Å². The molecule has 2 aliphatic heterocycles. The van der Waals surface area contributed by atoms with Gasteiger partial charge in [0.2, 0.25) is 11.8 Å². The number of halogens is 2. The third kappa shape index (κ3) is 4.29. The van der Waals surface area contributed by atoms with Gasteiger partial charge in [-0.05, 0) is 41.8 Å². The number of carbonyl (C=O) groups is 2. The normalized spacial score (nSPS) is 20.2. The minimum atomic E-state index is -0.418. The Morgan fingerprint density at radius 1 is 0.897 bits per heavy atom. The van der Waals surface area contributed by atoms with E-state index in [4.69, 9.17) is 0 Å². The van der Waals surface area contributed by atoms with Crippen molar-refractivity contribution >= 4 is 11.8 Å². The zero-order valence-electron chi connectivity index (χ0n) is 16.0. The van der Waals surface area contributed by atoms with E-state index in [-0.39, 0.29) is 29.5 Å². The summed E-state index contributed by atoms with van der Waals surface area (Å²) in [7, 11) is 0. The number of amides is 2. The van der Waals surface area contributed by atoms with Crippen molar-refractivity contribution in [1.82, 2.24) is 15.1 Å². The fraction of sp³-hybridized carbons (Fsp3) is 0.364. The first-order valence-electron chi connectivity index (χ1n) is 9.84. The standard InChI is InChI=1S/C22H23F2N3O2/c23-17-5-1-15(2-6-17)21(16-3-7-18(24)8-4-16)26-11-13-27(14-12-26)22(29)19-9-10-20(28)25-19/h1-8,19,21H,9-14H2,(H,25,28)/t19-/m0/s1. The Balaban J connectivity index is 1.50. The first kappa shape index (κ1) is 19.5. The molecule has 0 bridgehead atoms. The number of hydrogen-bond donors (Lipinski definition) is 1. The smallest absolute Gasteiger partial charge is 0.245 e. The highest BCUT2D eigenvalue weighted by Gasteiger charge is 2.34. The van der Waals surface area contributed by atoms with E-state index in [0.29, 0.717) is 39.0 Å². The highest BCUT2D eigenvalue weighted by molar-refractivity contribution is 5.90. The summed E-state index contributed by atoms with van der Waals surface area (Å²) in [5, 5.41) is 2.73. The van der Waals surface area contributed by atoms with Gasteiger partial charge in [-0.2, -0.15) is 0 Å². The van der Waals surface area contributed by atoms with Crippen LogP contribution in [0.15, 0.2) is 48.5 Å². The first-order chi connectivity index (χ1) is 14.0. The maximum atomic E-state index is 13.4. The topological polar surface area (TPSA) is 52.7 Å². The number of carbonyl (C=O) groups excluding carboxylic acids is 2. The van der Waals surface area contributed by atoms with E-state index in [2.05, 4.69) is 10.2 Å². The Morgan fingerprint density at radius 3 is 1.86 bits per heavy atom. The van der Waals surface area contributed by atoms with Gasteiger partial charge < -0.3 is 10.2 Å². The van der Waals surface area contributed by atoms with Crippen molar-refractivity contribution in [2.75, 3.05) is 26.2 Å². The molecule has 0 aromatic heterocycles. The van der Waals surface area contributed by atoms with Gasteiger partial charge in [0.1, 0.15) is 17.7 Å². The van der Waals surface area contributed by atoms with Crippen LogP contribution in [0.5, 0.6) is 0 Å². The summed E-state index contributed by atoms with van der Waals surface area (Å²) in [6, 6.07) is 12.1. The SMILES string of the molecule is O=C1CC[C@@H](C(=O)N2CCN(C(c3ccc(F)cc3)c3ccc(F)cc3)CC2)N1. The van der Waals surface area contributed by atoms with Crippen molar-refractivity contribution in [2.45, 2.75) is 24.9 Å². The lowest BCUT2D eigenvalue weighted by atomic mass is 9.96. The number of nitrogens with one attached hydrogen (secondary N) is 1. The van der Waals surface area contributed by atoms with Crippen molar-refractivity contribution in [2.24, 2.45) is 0 Å². The van der Waals surface area contributed by atoms with Crippen LogP contribution in [0.2, 0.25) is 0 Å². The molecule has 2 aromatic rings. The predicted octanol–water partition coefficient (Wildman–Crippen LogP) is 2.48.